The third-order valence-electron chi connectivity index (χ3n) is 3.35. The summed E-state index contributed by atoms with van der Waals surface area (Å²) < 4.78 is 0. The third-order valence-corrected chi connectivity index (χ3v) is 3.61. The van der Waals surface area contributed by atoms with E-state index < -0.39 is 0 Å². The van der Waals surface area contributed by atoms with Crippen LogP contribution in [0.1, 0.15) is 18.4 Å². The monoisotopic (exact) mass is 253 g/mol. The summed E-state index contributed by atoms with van der Waals surface area (Å²) in [7, 11) is 0. The predicted octanol–water partition coefficient (Wildman–Crippen LogP) is 5.01. The summed E-state index contributed by atoms with van der Waals surface area (Å²) >= 11 is 5.96. The molecule has 2 aliphatic carbocycles. The molecular formula is C17H14Cl. The molecule has 0 heterocycles. The molecule has 1 radical (unpaired) electrons. The van der Waals surface area contributed by atoms with Gasteiger partial charge in [-0.2, -0.15) is 0 Å². The molecule has 0 bridgehead atoms. The van der Waals surface area contributed by atoms with Gasteiger partial charge < -0.3 is 0 Å². The highest BCUT2D eigenvalue weighted by Crippen LogP contribution is 2.38. The fourth-order valence-corrected chi connectivity index (χ4v) is 2.64. The van der Waals surface area contributed by atoms with Crippen molar-refractivity contribution in [2.75, 3.05) is 0 Å². The van der Waals surface area contributed by atoms with E-state index in [1.54, 1.807) is 0 Å². The van der Waals surface area contributed by atoms with Gasteiger partial charge in [0, 0.05) is 17.4 Å². The standard InChI is InChI=1S/C17H14Cl/c1-12-10-14-4-2-3-5-16(17(14)11-12)13-6-8-15(18)9-7-13/h2-11,16H,1H3. The number of benzene rings is 1. The van der Waals surface area contributed by atoms with E-state index in [-0.39, 0.29) is 0 Å². The Kier molecular flexibility index (Phi) is 2.97. The molecule has 0 amide bonds. The average Bonchev–Trinajstić information content (AvgIpc) is 2.61. The lowest BCUT2D eigenvalue weighted by molar-refractivity contribution is 1.03. The zero-order valence-corrected chi connectivity index (χ0v) is 11.0. The second kappa shape index (κ2) is 4.62. The highest BCUT2D eigenvalue weighted by atomic mass is 35.5. The van der Waals surface area contributed by atoms with E-state index in [0.29, 0.717) is 5.92 Å². The van der Waals surface area contributed by atoms with Crippen molar-refractivity contribution in [3.8, 4) is 0 Å². The number of rotatable bonds is 1. The molecule has 0 spiro atoms. The lowest BCUT2D eigenvalue weighted by Crippen LogP contribution is -1.98. The molecule has 18 heavy (non-hydrogen) atoms. The van der Waals surface area contributed by atoms with Crippen LogP contribution < -0.4 is 0 Å². The topological polar surface area (TPSA) is 0 Å². The Balaban J connectivity index is 2.05. The minimum absolute atomic E-state index is 0.320. The molecule has 0 saturated heterocycles. The molecular weight excluding hydrogens is 240 g/mol. The average molecular weight is 254 g/mol. The van der Waals surface area contributed by atoms with Gasteiger partial charge in [0.05, 0.1) is 0 Å². The van der Waals surface area contributed by atoms with Crippen LogP contribution >= 0.6 is 11.6 Å². The van der Waals surface area contributed by atoms with Gasteiger partial charge in [0.2, 0.25) is 0 Å². The van der Waals surface area contributed by atoms with Crippen LogP contribution in [0.25, 0.3) is 0 Å². The van der Waals surface area contributed by atoms with Gasteiger partial charge in [-0.15, -0.1) is 0 Å². The van der Waals surface area contributed by atoms with Gasteiger partial charge in [-0.05, 0) is 35.8 Å². The van der Waals surface area contributed by atoms with Crippen LogP contribution in [-0.2, 0) is 0 Å². The van der Waals surface area contributed by atoms with E-state index in [2.05, 4.69) is 55.9 Å². The molecule has 3 rings (SSSR count). The van der Waals surface area contributed by atoms with Crippen molar-refractivity contribution < 1.29 is 0 Å². The first-order valence-electron chi connectivity index (χ1n) is 6.11. The summed E-state index contributed by atoms with van der Waals surface area (Å²) in [5, 5.41) is 0.786. The first-order chi connectivity index (χ1) is 8.74. The van der Waals surface area contributed by atoms with Gasteiger partial charge in [0.25, 0.3) is 0 Å². The van der Waals surface area contributed by atoms with Gasteiger partial charge >= 0.3 is 0 Å². The lowest BCUT2D eigenvalue weighted by Gasteiger charge is -2.14. The van der Waals surface area contributed by atoms with Crippen LogP contribution in [0.2, 0.25) is 5.02 Å². The maximum atomic E-state index is 5.96. The van der Waals surface area contributed by atoms with Crippen LogP contribution in [0.15, 0.2) is 71.4 Å². The Morgan fingerprint density at radius 1 is 1.06 bits per heavy atom. The van der Waals surface area contributed by atoms with Crippen LogP contribution in [0, 0.1) is 6.42 Å². The Morgan fingerprint density at radius 2 is 1.83 bits per heavy atom. The first kappa shape index (κ1) is 11.6. The first-order valence-corrected chi connectivity index (χ1v) is 6.49. The van der Waals surface area contributed by atoms with Crippen molar-refractivity contribution in [1.29, 1.82) is 0 Å². The molecule has 89 valence electrons. The Labute approximate surface area is 113 Å². The zero-order chi connectivity index (χ0) is 12.5. The Bertz CT molecular complexity index is 583. The highest BCUT2D eigenvalue weighted by molar-refractivity contribution is 6.30. The van der Waals surface area contributed by atoms with Crippen molar-refractivity contribution >= 4 is 11.6 Å². The van der Waals surface area contributed by atoms with Crippen molar-refractivity contribution in [3.63, 3.8) is 0 Å². The molecule has 0 saturated carbocycles. The van der Waals surface area contributed by atoms with Gasteiger partial charge in [0.1, 0.15) is 0 Å². The van der Waals surface area contributed by atoms with E-state index in [1.807, 2.05) is 12.1 Å². The molecule has 0 N–H and O–H groups in total. The summed E-state index contributed by atoms with van der Waals surface area (Å²) in [6, 6.07) is 8.13. The molecule has 1 aromatic rings. The van der Waals surface area contributed by atoms with Crippen LogP contribution in [0.3, 0.4) is 0 Å². The van der Waals surface area contributed by atoms with Crippen molar-refractivity contribution in [3.05, 3.63) is 88.4 Å². The summed E-state index contributed by atoms with van der Waals surface area (Å²) in [6.07, 6.45) is 13.2. The van der Waals surface area contributed by atoms with Crippen molar-refractivity contribution in [2.45, 2.75) is 12.8 Å². The van der Waals surface area contributed by atoms with Gasteiger partial charge in [-0.3, -0.25) is 0 Å². The predicted molar refractivity (Wildman–Crippen MR) is 77.6 cm³/mol. The zero-order valence-electron chi connectivity index (χ0n) is 10.2. The number of allylic oxidation sites excluding steroid dienone is 8. The van der Waals surface area contributed by atoms with E-state index in [9.17, 15) is 0 Å². The minimum Gasteiger partial charge on any atom is -0.0843 e. The quantitative estimate of drug-likeness (QED) is 0.660. The SMILES string of the molecule is CC1=CC2=C([CH]1)C=CC=CC2c1ccc(Cl)cc1. The molecule has 0 nitrogen and oxygen atoms in total. The minimum atomic E-state index is 0.320. The molecule has 2 aliphatic rings. The molecule has 0 aliphatic heterocycles. The van der Waals surface area contributed by atoms with Crippen molar-refractivity contribution in [1.82, 2.24) is 0 Å². The molecule has 0 fully saturated rings. The lowest BCUT2D eigenvalue weighted by atomic mass is 9.90. The van der Waals surface area contributed by atoms with E-state index in [4.69, 9.17) is 11.6 Å². The molecule has 0 aromatic heterocycles. The second-order valence-corrected chi connectivity index (χ2v) is 5.15. The molecule has 1 aromatic carbocycles. The summed E-state index contributed by atoms with van der Waals surface area (Å²) in [5.74, 6) is 0.320. The molecule has 1 atom stereocenters. The van der Waals surface area contributed by atoms with E-state index in [0.717, 1.165) is 5.02 Å². The van der Waals surface area contributed by atoms with Crippen LogP contribution in [0.5, 0.6) is 0 Å². The van der Waals surface area contributed by atoms with E-state index in [1.165, 1.54) is 22.3 Å². The normalized spacial score (nSPS) is 21.9. The molecule has 1 unspecified atom stereocenters. The number of hydrogen-bond acceptors (Lipinski definition) is 0. The van der Waals surface area contributed by atoms with Gasteiger partial charge in [0.15, 0.2) is 0 Å². The smallest absolute Gasteiger partial charge is 0.0406 e. The summed E-state index contributed by atoms with van der Waals surface area (Å²) in [6.45, 7) is 2.14. The van der Waals surface area contributed by atoms with Gasteiger partial charge in [-0.1, -0.05) is 59.7 Å². The maximum Gasteiger partial charge on any atom is 0.0406 e. The van der Waals surface area contributed by atoms with Gasteiger partial charge in [-0.25, -0.2) is 0 Å². The number of halogens is 1. The Hall–Kier alpha value is -1.53. The van der Waals surface area contributed by atoms with Crippen LogP contribution in [-0.4, -0.2) is 0 Å². The van der Waals surface area contributed by atoms with E-state index >= 15 is 0 Å². The number of hydrogen-bond donors (Lipinski definition) is 0. The maximum absolute atomic E-state index is 5.96. The largest absolute Gasteiger partial charge is 0.0843 e. The Morgan fingerprint density at radius 3 is 2.61 bits per heavy atom. The second-order valence-electron chi connectivity index (χ2n) is 4.72. The fraction of sp³-hybridized carbons (Fsp3) is 0.118. The highest BCUT2D eigenvalue weighted by Gasteiger charge is 2.21. The molecule has 1 heteroatoms. The van der Waals surface area contributed by atoms with Crippen molar-refractivity contribution in [2.24, 2.45) is 0 Å². The fourth-order valence-electron chi connectivity index (χ4n) is 2.51. The third kappa shape index (κ3) is 2.09. The van der Waals surface area contributed by atoms with Crippen LogP contribution in [0.4, 0.5) is 0 Å². The summed E-state index contributed by atoms with van der Waals surface area (Å²) in [5.41, 5.74) is 5.29. The summed E-state index contributed by atoms with van der Waals surface area (Å²) in [4.78, 5) is 0.